The summed E-state index contributed by atoms with van der Waals surface area (Å²) >= 11 is 0. The molecule has 0 spiro atoms. The van der Waals surface area contributed by atoms with Crippen LogP contribution in [0.15, 0.2) is 30.3 Å². The van der Waals surface area contributed by atoms with E-state index in [1.807, 2.05) is 44.2 Å². The van der Waals surface area contributed by atoms with Crippen molar-refractivity contribution in [1.82, 2.24) is 0 Å². The molecule has 0 saturated carbocycles. The molecule has 1 aromatic rings. The molecule has 0 aliphatic rings. The number of rotatable bonds is 4. The average Bonchev–Trinajstić information content (AvgIpc) is 2.27. The summed E-state index contributed by atoms with van der Waals surface area (Å²) in [6, 6.07) is 9.34. The Bertz CT molecular complexity index is 387. The third-order valence-corrected chi connectivity index (χ3v) is 2.22. The van der Waals surface area contributed by atoms with Gasteiger partial charge in [-0.1, -0.05) is 18.2 Å². The number of ether oxygens (including phenoxy) is 1. The van der Waals surface area contributed by atoms with E-state index in [4.69, 9.17) is 4.74 Å². The Morgan fingerprint density at radius 1 is 1.24 bits per heavy atom. The fourth-order valence-corrected chi connectivity index (χ4v) is 1.55. The van der Waals surface area contributed by atoms with Crippen LogP contribution in [0.3, 0.4) is 0 Å². The summed E-state index contributed by atoms with van der Waals surface area (Å²) in [6.07, 6.45) is 0. The second-order valence-electron chi connectivity index (χ2n) is 3.97. The number of para-hydroxylation sites is 1. The minimum Gasteiger partial charge on any atom is -0.456 e. The lowest BCUT2D eigenvalue weighted by molar-refractivity contribution is -0.145. The molecule has 0 bridgehead atoms. The molecule has 1 rings (SSSR count). The summed E-state index contributed by atoms with van der Waals surface area (Å²) in [5.41, 5.74) is 0.805. The van der Waals surface area contributed by atoms with E-state index in [0.717, 1.165) is 5.69 Å². The number of hydrogen-bond donors (Lipinski definition) is 0. The molecule has 1 aromatic carbocycles. The van der Waals surface area contributed by atoms with Gasteiger partial charge in [0.25, 0.3) is 5.91 Å². The minimum absolute atomic E-state index is 0.0143. The van der Waals surface area contributed by atoms with Crippen molar-refractivity contribution in [3.05, 3.63) is 30.3 Å². The Morgan fingerprint density at radius 3 is 2.29 bits per heavy atom. The largest absolute Gasteiger partial charge is 0.456 e. The Hall–Kier alpha value is -1.84. The van der Waals surface area contributed by atoms with Gasteiger partial charge in [-0.05, 0) is 26.0 Å². The number of benzene rings is 1. The van der Waals surface area contributed by atoms with E-state index >= 15 is 0 Å². The molecule has 0 unspecified atom stereocenters. The first-order valence-corrected chi connectivity index (χ1v) is 5.53. The van der Waals surface area contributed by atoms with Crippen molar-refractivity contribution in [3.63, 3.8) is 0 Å². The smallest absolute Gasteiger partial charge is 0.303 e. The van der Waals surface area contributed by atoms with Crippen molar-refractivity contribution in [2.45, 2.75) is 26.8 Å². The van der Waals surface area contributed by atoms with E-state index in [1.54, 1.807) is 4.90 Å². The highest BCUT2D eigenvalue weighted by molar-refractivity contribution is 5.95. The van der Waals surface area contributed by atoms with Gasteiger partial charge in [0.05, 0.1) is 0 Å². The van der Waals surface area contributed by atoms with Crippen LogP contribution in [0.25, 0.3) is 0 Å². The molecule has 0 atom stereocenters. The summed E-state index contributed by atoms with van der Waals surface area (Å²) in [6.45, 7) is 4.90. The van der Waals surface area contributed by atoms with Gasteiger partial charge in [-0.25, -0.2) is 0 Å². The van der Waals surface area contributed by atoms with Crippen molar-refractivity contribution in [3.8, 4) is 0 Å². The standard InChI is InChI=1S/C13H17NO3/c1-10(2)14(12-7-5-4-6-8-12)13(16)9-17-11(3)15/h4-8,10H,9H2,1-3H3. The lowest BCUT2D eigenvalue weighted by atomic mass is 10.2. The van der Waals surface area contributed by atoms with Gasteiger partial charge in [0, 0.05) is 18.7 Å². The number of carbonyl (C=O) groups is 2. The van der Waals surface area contributed by atoms with Crippen molar-refractivity contribution in [2.75, 3.05) is 11.5 Å². The number of nitrogens with zero attached hydrogens (tertiary/aromatic N) is 1. The Labute approximate surface area is 101 Å². The molecule has 0 aromatic heterocycles. The average molecular weight is 235 g/mol. The molecule has 0 heterocycles. The first-order chi connectivity index (χ1) is 8.02. The summed E-state index contributed by atoms with van der Waals surface area (Å²) in [7, 11) is 0. The molecular weight excluding hydrogens is 218 g/mol. The predicted molar refractivity (Wildman–Crippen MR) is 65.7 cm³/mol. The first-order valence-electron chi connectivity index (χ1n) is 5.53. The van der Waals surface area contributed by atoms with E-state index in [-0.39, 0.29) is 18.6 Å². The van der Waals surface area contributed by atoms with Crippen molar-refractivity contribution in [2.24, 2.45) is 0 Å². The SMILES string of the molecule is CC(=O)OCC(=O)N(c1ccccc1)C(C)C. The number of anilines is 1. The zero-order valence-corrected chi connectivity index (χ0v) is 10.3. The van der Waals surface area contributed by atoms with Gasteiger partial charge in [-0.2, -0.15) is 0 Å². The van der Waals surface area contributed by atoms with Crippen LogP contribution in [-0.4, -0.2) is 24.5 Å². The van der Waals surface area contributed by atoms with Gasteiger partial charge in [0.1, 0.15) is 0 Å². The van der Waals surface area contributed by atoms with Gasteiger partial charge in [0.15, 0.2) is 6.61 Å². The van der Waals surface area contributed by atoms with Crippen LogP contribution in [-0.2, 0) is 14.3 Å². The van der Waals surface area contributed by atoms with Crippen molar-refractivity contribution >= 4 is 17.6 Å². The highest BCUT2D eigenvalue weighted by atomic mass is 16.5. The van der Waals surface area contributed by atoms with Crippen LogP contribution < -0.4 is 4.90 Å². The second-order valence-corrected chi connectivity index (χ2v) is 3.97. The first kappa shape index (κ1) is 13.2. The van der Waals surface area contributed by atoms with Crippen molar-refractivity contribution in [1.29, 1.82) is 0 Å². The molecule has 4 heteroatoms. The number of carbonyl (C=O) groups excluding carboxylic acids is 2. The van der Waals surface area contributed by atoms with Crippen LogP contribution in [0, 0.1) is 0 Å². The Balaban J connectivity index is 2.80. The minimum atomic E-state index is -0.449. The molecule has 17 heavy (non-hydrogen) atoms. The van der Waals surface area contributed by atoms with Gasteiger partial charge >= 0.3 is 5.97 Å². The summed E-state index contributed by atoms with van der Waals surface area (Å²) in [5, 5.41) is 0. The van der Waals surface area contributed by atoms with E-state index in [1.165, 1.54) is 6.92 Å². The quantitative estimate of drug-likeness (QED) is 0.750. The topological polar surface area (TPSA) is 46.6 Å². The lowest BCUT2D eigenvalue weighted by Crippen LogP contribution is -2.39. The normalized spacial score (nSPS) is 10.1. The lowest BCUT2D eigenvalue weighted by Gasteiger charge is -2.26. The van der Waals surface area contributed by atoms with E-state index < -0.39 is 5.97 Å². The highest BCUT2D eigenvalue weighted by Gasteiger charge is 2.19. The molecule has 1 amide bonds. The molecule has 0 fully saturated rings. The fraction of sp³-hybridized carbons (Fsp3) is 0.385. The molecule has 92 valence electrons. The summed E-state index contributed by atoms with van der Waals surface area (Å²) in [4.78, 5) is 24.2. The maximum atomic E-state index is 11.9. The molecule has 0 radical (unpaired) electrons. The molecule has 4 nitrogen and oxygen atoms in total. The van der Waals surface area contributed by atoms with Crippen LogP contribution in [0.1, 0.15) is 20.8 Å². The zero-order valence-electron chi connectivity index (χ0n) is 10.3. The van der Waals surface area contributed by atoms with Gasteiger partial charge in [-0.15, -0.1) is 0 Å². The van der Waals surface area contributed by atoms with Gasteiger partial charge in [0.2, 0.25) is 0 Å². The molecule has 0 N–H and O–H groups in total. The Morgan fingerprint density at radius 2 is 1.82 bits per heavy atom. The van der Waals surface area contributed by atoms with Crippen molar-refractivity contribution < 1.29 is 14.3 Å². The van der Waals surface area contributed by atoms with E-state index in [0.29, 0.717) is 0 Å². The number of hydrogen-bond acceptors (Lipinski definition) is 3. The summed E-state index contributed by atoms with van der Waals surface area (Å²) in [5.74, 6) is -0.670. The zero-order chi connectivity index (χ0) is 12.8. The third kappa shape index (κ3) is 3.90. The predicted octanol–water partition coefficient (Wildman–Crippen LogP) is 1.99. The van der Waals surface area contributed by atoms with Crippen LogP contribution in [0.2, 0.25) is 0 Å². The van der Waals surface area contributed by atoms with Crippen LogP contribution in [0.4, 0.5) is 5.69 Å². The van der Waals surface area contributed by atoms with Crippen LogP contribution >= 0.6 is 0 Å². The molecule has 0 saturated heterocycles. The maximum absolute atomic E-state index is 11.9. The molecular formula is C13H17NO3. The molecule has 0 aliphatic carbocycles. The second kappa shape index (κ2) is 6.03. The number of amides is 1. The van der Waals surface area contributed by atoms with E-state index in [2.05, 4.69) is 0 Å². The molecule has 0 aliphatic heterocycles. The van der Waals surface area contributed by atoms with Gasteiger partial charge in [-0.3, -0.25) is 9.59 Å². The van der Waals surface area contributed by atoms with E-state index in [9.17, 15) is 9.59 Å². The monoisotopic (exact) mass is 235 g/mol. The summed E-state index contributed by atoms with van der Waals surface area (Å²) < 4.78 is 4.73. The fourth-order valence-electron chi connectivity index (χ4n) is 1.55. The van der Waals surface area contributed by atoms with Crippen LogP contribution in [0.5, 0.6) is 0 Å². The highest BCUT2D eigenvalue weighted by Crippen LogP contribution is 2.16. The van der Waals surface area contributed by atoms with Gasteiger partial charge < -0.3 is 9.64 Å². The maximum Gasteiger partial charge on any atom is 0.303 e. The Kier molecular flexibility index (Phi) is 4.69. The number of esters is 1. The third-order valence-electron chi connectivity index (χ3n) is 2.22.